The van der Waals surface area contributed by atoms with Crippen molar-refractivity contribution in [2.24, 2.45) is 0 Å². The van der Waals surface area contributed by atoms with Crippen LogP contribution in [0.2, 0.25) is 5.02 Å². The predicted molar refractivity (Wildman–Crippen MR) is 134 cm³/mol. The van der Waals surface area contributed by atoms with Crippen molar-refractivity contribution in [1.82, 2.24) is 24.2 Å². The molecular weight excluding hydrogens is 488 g/mol. The molecule has 0 aliphatic carbocycles. The van der Waals surface area contributed by atoms with Gasteiger partial charge in [0.15, 0.2) is 11.5 Å². The second kappa shape index (κ2) is 9.63. The van der Waals surface area contributed by atoms with Crippen LogP contribution in [0, 0.1) is 18.6 Å². The minimum absolute atomic E-state index is 0.0578. The van der Waals surface area contributed by atoms with E-state index < -0.39 is 17.2 Å². The Bertz CT molecular complexity index is 1570. The number of halogens is 3. The van der Waals surface area contributed by atoms with Gasteiger partial charge < -0.3 is 4.74 Å². The lowest BCUT2D eigenvalue weighted by Crippen LogP contribution is -2.25. The Morgan fingerprint density at radius 2 is 1.94 bits per heavy atom. The van der Waals surface area contributed by atoms with Crippen molar-refractivity contribution in [3.8, 4) is 5.75 Å². The molecule has 4 rings (SSSR count). The average Bonchev–Trinajstić information content (AvgIpc) is 2.82. The lowest BCUT2D eigenvalue weighted by molar-refractivity contribution is 0.292. The van der Waals surface area contributed by atoms with Crippen LogP contribution in [0.4, 0.5) is 8.78 Å². The highest BCUT2D eigenvalue weighted by Gasteiger charge is 2.26. The number of nitrogens with zero attached hydrogens (tertiary/aromatic N) is 5. The minimum atomic E-state index is -0.856. The van der Waals surface area contributed by atoms with Crippen LogP contribution in [0.5, 0.6) is 5.75 Å². The lowest BCUT2D eigenvalue weighted by Gasteiger charge is -2.17. The first-order valence-electron chi connectivity index (χ1n) is 11.0. The first-order valence-corrected chi connectivity index (χ1v) is 11.4. The average molecular weight is 511 g/mol. The fraction of sp³-hybridized carbons (Fsp3) is 0.269. The second-order valence-corrected chi connectivity index (χ2v) is 9.63. The summed E-state index contributed by atoms with van der Waals surface area (Å²) in [4.78, 5) is 25.9. The smallest absolute Gasteiger partial charge is 0.368 e. The maximum absolute atomic E-state index is 13.9. The Labute approximate surface area is 211 Å². The molecule has 3 aromatic rings. The quantitative estimate of drug-likeness (QED) is 0.481. The summed E-state index contributed by atoms with van der Waals surface area (Å²) in [6, 6.07) is 4.01. The summed E-state index contributed by atoms with van der Waals surface area (Å²) in [5.41, 5.74) is 1.87. The molecule has 0 aromatic carbocycles. The van der Waals surface area contributed by atoms with Gasteiger partial charge in [-0.1, -0.05) is 32.4 Å². The number of pyridine rings is 2. The largest absolute Gasteiger partial charge is 0.485 e. The van der Waals surface area contributed by atoms with Gasteiger partial charge in [0.2, 0.25) is 0 Å². The standard InChI is InChI=1S/C26H23ClF2N5O2/c1-14-11-31-19(18-6-7-30-25(33-18)26(3,4)5)10-21(14)34-15(2)8-22(23(27)24(34)35)36-13-20-17(29)9-16(28)12-32-20/h6-10,12H,13H2,1-5H3/q+1. The van der Waals surface area contributed by atoms with Gasteiger partial charge in [0, 0.05) is 29.4 Å². The van der Waals surface area contributed by atoms with Crippen molar-refractivity contribution in [2.75, 3.05) is 0 Å². The highest BCUT2D eigenvalue weighted by Crippen LogP contribution is 2.26. The zero-order valence-electron chi connectivity index (χ0n) is 20.4. The summed E-state index contributed by atoms with van der Waals surface area (Å²) in [6.07, 6.45) is 4.29. The third kappa shape index (κ3) is 5.04. The van der Waals surface area contributed by atoms with Crippen LogP contribution in [0.15, 0.2) is 47.0 Å². The monoisotopic (exact) mass is 510 g/mol. The molecule has 0 fully saturated rings. The predicted octanol–water partition coefficient (Wildman–Crippen LogP) is 4.18. The van der Waals surface area contributed by atoms with Crippen molar-refractivity contribution >= 4 is 28.9 Å². The zero-order valence-corrected chi connectivity index (χ0v) is 21.1. The van der Waals surface area contributed by atoms with E-state index in [1.807, 2.05) is 20.8 Å². The van der Waals surface area contributed by atoms with E-state index in [-0.39, 0.29) is 28.5 Å². The number of hydrogen-bond donors (Lipinski definition) is 0. The molecule has 0 bridgehead atoms. The molecule has 0 spiro atoms. The van der Waals surface area contributed by atoms with E-state index >= 15 is 0 Å². The molecule has 4 heterocycles. The van der Waals surface area contributed by atoms with E-state index in [2.05, 4.69) is 25.5 Å². The zero-order chi connectivity index (χ0) is 26.2. The molecule has 0 amide bonds. The van der Waals surface area contributed by atoms with E-state index in [9.17, 15) is 13.6 Å². The van der Waals surface area contributed by atoms with Crippen LogP contribution >= 0.6 is 11.6 Å². The van der Waals surface area contributed by atoms with Gasteiger partial charge in [-0.15, -0.1) is 0 Å². The Morgan fingerprint density at radius 1 is 1.19 bits per heavy atom. The summed E-state index contributed by atoms with van der Waals surface area (Å²) in [5.74, 6) is 2.01. The number of hydrogen-bond acceptors (Lipinski definition) is 5. The highest BCUT2D eigenvalue weighted by molar-refractivity contribution is 6.32. The van der Waals surface area contributed by atoms with Gasteiger partial charge in [-0.05, 0) is 24.6 Å². The first-order chi connectivity index (χ1) is 17.0. The molecule has 36 heavy (non-hydrogen) atoms. The molecule has 0 atom stereocenters. The number of ether oxygens (including phenoxy) is 1. The molecule has 7 nitrogen and oxygen atoms in total. The van der Waals surface area contributed by atoms with Crippen LogP contribution in [-0.2, 0) is 12.0 Å². The SMILES string of the molecule is CC1=C=[N+]=C(c2ccnc(C(C)(C)C)n2)C=C1n1c(C)cc(OCc2ncc(F)cc2F)c(Cl)c1=O. The fourth-order valence-electron chi connectivity index (χ4n) is 3.48. The summed E-state index contributed by atoms with van der Waals surface area (Å²) < 4.78 is 38.4. The maximum atomic E-state index is 13.9. The van der Waals surface area contributed by atoms with Crippen molar-refractivity contribution < 1.29 is 13.5 Å². The molecule has 0 N–H and O–H groups in total. The Kier molecular flexibility index (Phi) is 6.74. The van der Waals surface area contributed by atoms with Gasteiger partial charge in [0.1, 0.15) is 40.3 Å². The molecule has 184 valence electrons. The third-order valence-electron chi connectivity index (χ3n) is 5.38. The normalized spacial score (nSPS) is 13.3. The second-order valence-electron chi connectivity index (χ2n) is 9.25. The number of allylic oxidation sites excluding steroid dienone is 3. The molecule has 0 unspecified atom stereocenters. The van der Waals surface area contributed by atoms with Crippen molar-refractivity contribution in [3.05, 3.63) is 92.2 Å². The van der Waals surface area contributed by atoms with Crippen LogP contribution < -0.4 is 15.0 Å². The van der Waals surface area contributed by atoms with Crippen LogP contribution in [-0.4, -0.2) is 31.1 Å². The van der Waals surface area contributed by atoms with E-state index in [1.54, 1.807) is 38.3 Å². The van der Waals surface area contributed by atoms with E-state index in [4.69, 9.17) is 16.3 Å². The Hall–Kier alpha value is -3.90. The minimum Gasteiger partial charge on any atom is -0.485 e. The lowest BCUT2D eigenvalue weighted by atomic mass is 9.95. The van der Waals surface area contributed by atoms with Gasteiger partial charge in [-0.25, -0.2) is 18.7 Å². The third-order valence-corrected chi connectivity index (χ3v) is 5.73. The van der Waals surface area contributed by atoms with Gasteiger partial charge in [0.05, 0.1) is 18.0 Å². The Balaban J connectivity index is 1.70. The number of aromatic nitrogens is 4. The van der Waals surface area contributed by atoms with E-state index in [0.717, 1.165) is 6.20 Å². The molecule has 1 aliphatic rings. The van der Waals surface area contributed by atoms with Crippen LogP contribution in [0.3, 0.4) is 0 Å². The van der Waals surface area contributed by atoms with Crippen LogP contribution in [0.1, 0.15) is 50.6 Å². The van der Waals surface area contributed by atoms with Crippen molar-refractivity contribution in [1.29, 1.82) is 0 Å². The molecule has 0 saturated carbocycles. The highest BCUT2D eigenvalue weighted by atomic mass is 35.5. The topological polar surface area (TPSA) is 84.0 Å². The number of rotatable bonds is 5. The van der Waals surface area contributed by atoms with Gasteiger partial charge in [-0.2, -0.15) is 0 Å². The summed E-state index contributed by atoms with van der Waals surface area (Å²) in [5, 5.41) is -0.196. The Morgan fingerprint density at radius 3 is 2.64 bits per heavy atom. The molecule has 10 heteroatoms. The molecule has 1 aliphatic heterocycles. The number of aryl methyl sites for hydroxylation is 1. The van der Waals surface area contributed by atoms with Crippen LogP contribution in [0.25, 0.3) is 5.70 Å². The molecule has 3 aromatic heterocycles. The summed E-state index contributed by atoms with van der Waals surface area (Å²) >= 11 is 6.35. The molecule has 0 saturated heterocycles. The molecular formula is C26H23ClF2N5O2+. The van der Waals surface area contributed by atoms with Crippen molar-refractivity contribution in [3.63, 3.8) is 0 Å². The van der Waals surface area contributed by atoms with Gasteiger partial charge in [0.25, 0.3) is 5.56 Å². The van der Waals surface area contributed by atoms with Gasteiger partial charge >= 0.3 is 11.6 Å². The van der Waals surface area contributed by atoms with E-state index in [0.29, 0.717) is 40.3 Å². The fourth-order valence-corrected chi connectivity index (χ4v) is 3.67. The maximum Gasteiger partial charge on any atom is 0.368 e. The molecule has 0 radical (unpaired) electrons. The van der Waals surface area contributed by atoms with Crippen molar-refractivity contribution in [2.45, 2.75) is 46.6 Å². The summed E-state index contributed by atoms with van der Waals surface area (Å²) in [7, 11) is 0. The van der Waals surface area contributed by atoms with E-state index in [1.165, 1.54) is 4.57 Å². The summed E-state index contributed by atoms with van der Waals surface area (Å²) in [6.45, 7) is 9.21. The van der Waals surface area contributed by atoms with Gasteiger partial charge in [-0.3, -0.25) is 14.3 Å². The first kappa shape index (κ1) is 25.2.